The molecule has 81 heavy (non-hydrogen) atoms. The van der Waals surface area contributed by atoms with Crippen LogP contribution in [0.15, 0.2) is 217 Å². The van der Waals surface area contributed by atoms with E-state index in [-0.39, 0.29) is 23.2 Å². The van der Waals surface area contributed by atoms with Crippen LogP contribution in [0.4, 0.5) is 0 Å². The molecule has 0 bridgehead atoms. The average molecular weight is 1180 g/mol. The molecule has 0 saturated heterocycles. The van der Waals surface area contributed by atoms with Gasteiger partial charge in [0.1, 0.15) is 0 Å². The molecule has 0 aliphatic heterocycles. The highest BCUT2D eigenvalue weighted by Gasteiger charge is 2.07. The van der Waals surface area contributed by atoms with Crippen molar-refractivity contribution in [2.24, 2.45) is 10.8 Å². The Hall–Kier alpha value is -5.83. The van der Waals surface area contributed by atoms with Gasteiger partial charge in [0.25, 0.3) is 0 Å². The first kappa shape index (κ1) is 71.3. The predicted octanol–water partition coefficient (Wildman–Crippen LogP) is 19.5. The summed E-state index contributed by atoms with van der Waals surface area (Å²) in [6.07, 6.45) is 14.7. The number of halogens is 5. The predicted molar refractivity (Wildman–Crippen MR) is 365 cm³/mol. The molecule has 0 aliphatic rings. The minimum absolute atomic E-state index is 0. The first-order valence-electron chi connectivity index (χ1n) is 27.0. The van der Waals surface area contributed by atoms with Crippen LogP contribution in [0, 0.1) is 35.0 Å². The van der Waals surface area contributed by atoms with E-state index >= 15 is 0 Å². The number of nitrogens with zero attached hydrogens (tertiary/aromatic N) is 3. The molecule has 8 aromatic rings. The molecule has 0 unspecified atom stereocenters. The number of fused-ring (bicyclic) bond motifs is 4. The maximum atomic E-state index is 5.54. The Kier molecular flexibility index (Phi) is 35.5. The zero-order valence-corrected chi connectivity index (χ0v) is 53.1. The van der Waals surface area contributed by atoms with Crippen LogP contribution >= 0.6 is 58.8 Å². The lowest BCUT2D eigenvalue weighted by atomic mass is 9.98. The second-order valence-electron chi connectivity index (χ2n) is 21.2. The third-order valence-electron chi connectivity index (χ3n) is 11.9. The fraction of sp³-hybridized carbons (Fsp3) is 0.278. The van der Waals surface area contributed by atoms with E-state index in [1.807, 2.05) is 46.0 Å². The fourth-order valence-corrected chi connectivity index (χ4v) is 8.45. The fourth-order valence-electron chi connectivity index (χ4n) is 8.02. The normalized spacial score (nSPS) is 11.2. The van der Waals surface area contributed by atoms with Gasteiger partial charge in [-0.05, 0) is 141 Å². The number of nitrogens with one attached hydrogen (secondary N) is 1. The highest BCUT2D eigenvalue weighted by atomic mass is 35.5. The van der Waals surface area contributed by atoms with Gasteiger partial charge in [0.05, 0.1) is 0 Å². The lowest BCUT2D eigenvalue weighted by Gasteiger charge is -2.15. The Bertz CT molecular complexity index is 3160. The molecule has 8 aromatic carbocycles. The molecule has 428 valence electrons. The van der Waals surface area contributed by atoms with Gasteiger partial charge < -0.3 is 5.32 Å². The van der Waals surface area contributed by atoms with Crippen LogP contribution in [0.25, 0.3) is 43.1 Å². The van der Waals surface area contributed by atoms with Gasteiger partial charge in [0.15, 0.2) is 0 Å². The molecule has 0 spiro atoms. The third kappa shape index (κ3) is 29.1. The highest BCUT2D eigenvalue weighted by molar-refractivity contribution is 6.26. The van der Waals surface area contributed by atoms with Crippen LogP contribution in [-0.4, -0.2) is 68.4 Å². The molecular formula is C72H85Cl5N4. The van der Waals surface area contributed by atoms with Crippen molar-refractivity contribution in [1.29, 1.82) is 0 Å². The van der Waals surface area contributed by atoms with Crippen molar-refractivity contribution in [2.45, 2.75) is 67.7 Å². The lowest BCUT2D eigenvalue weighted by molar-refractivity contribution is 0.365. The van der Waals surface area contributed by atoms with E-state index in [4.69, 9.17) is 52.8 Å². The van der Waals surface area contributed by atoms with Crippen molar-refractivity contribution in [2.75, 3.05) is 53.7 Å². The first-order chi connectivity index (χ1) is 38.5. The molecule has 0 atom stereocenters. The van der Waals surface area contributed by atoms with E-state index < -0.39 is 0 Å². The van der Waals surface area contributed by atoms with E-state index in [2.05, 4.69) is 256 Å². The van der Waals surface area contributed by atoms with Crippen molar-refractivity contribution in [3.8, 4) is 24.2 Å². The maximum absolute atomic E-state index is 5.54. The minimum atomic E-state index is 0. The summed E-state index contributed by atoms with van der Waals surface area (Å²) >= 11 is 21.2. The number of alkyl halides is 1. The minimum Gasteiger partial charge on any atom is -0.316 e. The lowest BCUT2D eigenvalue weighted by Crippen LogP contribution is -2.17. The Morgan fingerprint density at radius 2 is 0.741 bits per heavy atom. The van der Waals surface area contributed by atoms with Gasteiger partial charge >= 0.3 is 0 Å². The SMILES string of the molecule is C#CC(C)(C)C.CN(C/C=C/C#CC(C)(C)C)Cc1cccc2ccccc12.CN(C/C=C/Cl)Cc1cccc2ccccc12.CN(C/C=C\Cl)Cc1cccc2ccccc12.CNCc1cccc2ccccc12.Cl.Cl/C=C/CCl. The van der Waals surface area contributed by atoms with Crippen molar-refractivity contribution < 1.29 is 0 Å². The van der Waals surface area contributed by atoms with Gasteiger partial charge in [0.2, 0.25) is 0 Å². The van der Waals surface area contributed by atoms with Crippen molar-refractivity contribution in [3.63, 3.8) is 0 Å². The number of rotatable bonds is 15. The van der Waals surface area contributed by atoms with Gasteiger partial charge in [-0.2, -0.15) is 0 Å². The summed E-state index contributed by atoms with van der Waals surface area (Å²) in [6, 6.07) is 59.8. The number of hydrogen-bond acceptors (Lipinski definition) is 4. The van der Waals surface area contributed by atoms with Crippen LogP contribution in [-0.2, 0) is 26.2 Å². The Labute approximate surface area is 513 Å². The zero-order chi connectivity index (χ0) is 58.6. The van der Waals surface area contributed by atoms with Gasteiger partial charge in [-0.3, -0.25) is 14.7 Å². The molecular weight excluding hydrogens is 1100 g/mol. The van der Waals surface area contributed by atoms with Gasteiger partial charge in [-0.15, -0.1) is 36.4 Å². The van der Waals surface area contributed by atoms with E-state index in [1.165, 1.54) is 70.9 Å². The van der Waals surface area contributed by atoms with E-state index in [0.717, 1.165) is 45.8 Å². The Balaban J connectivity index is 0.000000349. The molecule has 1 N–H and O–H groups in total. The summed E-state index contributed by atoms with van der Waals surface area (Å²) in [6.45, 7) is 18.8. The number of likely N-dealkylation sites (N-methyl/N-ethyl adjacent to an activating group) is 3. The summed E-state index contributed by atoms with van der Waals surface area (Å²) in [5, 5.41) is 13.7. The van der Waals surface area contributed by atoms with E-state index in [1.54, 1.807) is 17.1 Å². The zero-order valence-electron chi connectivity index (χ0n) is 49.3. The second kappa shape index (κ2) is 40.4. The highest BCUT2D eigenvalue weighted by Crippen LogP contribution is 2.23. The summed E-state index contributed by atoms with van der Waals surface area (Å²) in [5.41, 5.74) is 10.1. The molecule has 0 aliphatic carbocycles. The molecule has 0 amide bonds. The third-order valence-corrected chi connectivity index (χ3v) is 12.6. The molecule has 0 fully saturated rings. The van der Waals surface area contributed by atoms with E-state index in [9.17, 15) is 0 Å². The van der Waals surface area contributed by atoms with Crippen LogP contribution in [0.3, 0.4) is 0 Å². The van der Waals surface area contributed by atoms with Crippen LogP contribution < -0.4 is 5.32 Å². The topological polar surface area (TPSA) is 21.8 Å². The number of hydrogen-bond donors (Lipinski definition) is 1. The number of terminal acetylenes is 1. The molecule has 0 aromatic heterocycles. The number of allylic oxidation sites excluding steroid dienone is 2. The van der Waals surface area contributed by atoms with E-state index in [0.29, 0.717) is 5.88 Å². The van der Waals surface area contributed by atoms with Gasteiger partial charge in [-0.1, -0.05) is 241 Å². The van der Waals surface area contributed by atoms with Crippen molar-refractivity contribution in [3.05, 3.63) is 239 Å². The summed E-state index contributed by atoms with van der Waals surface area (Å²) < 4.78 is 0. The smallest absolute Gasteiger partial charge is 0.0415 e. The van der Waals surface area contributed by atoms with Crippen molar-refractivity contribution in [1.82, 2.24) is 20.0 Å². The largest absolute Gasteiger partial charge is 0.316 e. The molecule has 9 heteroatoms. The Morgan fingerprint density at radius 1 is 0.444 bits per heavy atom. The van der Waals surface area contributed by atoms with Gasteiger partial charge in [-0.25, -0.2) is 0 Å². The second-order valence-corrected chi connectivity index (χ2v) is 22.3. The first-order valence-corrected chi connectivity index (χ1v) is 28.9. The molecule has 0 radical (unpaired) electrons. The molecule has 4 nitrogen and oxygen atoms in total. The average Bonchev–Trinajstić information content (AvgIpc) is 3.49. The summed E-state index contributed by atoms with van der Waals surface area (Å²) in [7, 11) is 8.31. The van der Waals surface area contributed by atoms with Crippen molar-refractivity contribution >= 4 is 102 Å². The Morgan fingerprint density at radius 3 is 1.02 bits per heavy atom. The monoisotopic (exact) mass is 1180 g/mol. The van der Waals surface area contributed by atoms with Crippen LogP contribution in [0.5, 0.6) is 0 Å². The molecule has 8 rings (SSSR count). The summed E-state index contributed by atoms with van der Waals surface area (Å²) in [4.78, 5) is 6.78. The van der Waals surface area contributed by atoms with Crippen LogP contribution in [0.1, 0.15) is 63.8 Å². The van der Waals surface area contributed by atoms with Gasteiger partial charge in [0, 0.05) is 79.1 Å². The number of benzene rings is 8. The molecule has 0 heterocycles. The maximum Gasteiger partial charge on any atom is 0.0415 e. The standard InChI is InChI=1S/C21H25N.2C15H16ClN.C12H13N.C6H10.C3H4Cl2.ClH/c1-21(2,3)15-8-5-9-16-22(4)17-19-13-10-12-18-11-6-7-14-20(18)19;2*1-17(11-5-10-16)12-14-8-4-7-13-6-2-3-9-15(13)14;1-13-9-11-7-4-6-10-5-2-3-8-12(10)11;1-5-6(2,3)4;4-2-1-3-5;/h5-7,9-14H,16-17H2,1-4H3;2*2-10H,11-12H2,1H3;2-8,13H,9H2,1H3;1H,2-4H3;1-2H,3H2;1H/b9-5+;10-5+;10-5-;;;2-1+;. The van der Waals surface area contributed by atoms with Crippen LogP contribution in [0.2, 0.25) is 0 Å². The molecule has 0 saturated carbocycles. The summed E-state index contributed by atoms with van der Waals surface area (Å²) in [5.74, 6) is 9.44. The quantitative estimate of drug-likeness (QED) is 0.0816.